The standard InChI is InChI=1S/C27H27ClN4O6/c1-27(2,3)38-26(35)31-19-12-11-16(13-18(19)28)32-22(25(34)37-5)21(24(33)36-4)20(17(14-29)23(32)30)15-9-7-6-8-10-15/h6-13,20H,30H2,1-5H3,(H,31,35). The molecule has 10 nitrogen and oxygen atoms in total. The number of hydrogen-bond acceptors (Lipinski definition) is 9. The minimum absolute atomic E-state index is 0.0105. The van der Waals surface area contributed by atoms with E-state index >= 15 is 0 Å². The third-order valence-electron chi connectivity index (χ3n) is 5.46. The normalized spacial score (nSPS) is 15.5. The van der Waals surface area contributed by atoms with Crippen molar-refractivity contribution in [3.8, 4) is 6.07 Å². The van der Waals surface area contributed by atoms with Crippen molar-refractivity contribution >= 4 is 41.0 Å². The van der Waals surface area contributed by atoms with Crippen molar-refractivity contribution in [1.82, 2.24) is 0 Å². The molecule has 3 rings (SSSR count). The van der Waals surface area contributed by atoms with E-state index in [0.717, 1.165) is 7.11 Å². The van der Waals surface area contributed by atoms with Crippen molar-refractivity contribution in [3.63, 3.8) is 0 Å². The zero-order valence-corrected chi connectivity index (χ0v) is 22.3. The molecule has 0 aromatic heterocycles. The minimum atomic E-state index is -0.998. The molecule has 38 heavy (non-hydrogen) atoms. The summed E-state index contributed by atoms with van der Waals surface area (Å²) in [5.74, 6) is -2.85. The van der Waals surface area contributed by atoms with E-state index in [1.54, 1.807) is 51.1 Å². The number of methoxy groups -OCH3 is 2. The number of amides is 1. The van der Waals surface area contributed by atoms with Crippen LogP contribution in [0.2, 0.25) is 5.02 Å². The highest BCUT2D eigenvalue weighted by Crippen LogP contribution is 2.44. The molecule has 0 radical (unpaired) electrons. The number of halogens is 1. The minimum Gasteiger partial charge on any atom is -0.466 e. The summed E-state index contributed by atoms with van der Waals surface area (Å²) in [7, 11) is 2.32. The molecule has 3 N–H and O–H groups in total. The van der Waals surface area contributed by atoms with Crippen LogP contribution in [0, 0.1) is 11.3 Å². The first-order chi connectivity index (χ1) is 17.9. The Bertz CT molecular complexity index is 1370. The van der Waals surface area contributed by atoms with Crippen molar-refractivity contribution in [1.29, 1.82) is 5.26 Å². The Kier molecular flexibility index (Phi) is 8.33. The molecule has 198 valence electrons. The third-order valence-corrected chi connectivity index (χ3v) is 5.77. The van der Waals surface area contributed by atoms with Crippen LogP contribution in [0.5, 0.6) is 0 Å². The lowest BCUT2D eigenvalue weighted by molar-refractivity contribution is -0.139. The fourth-order valence-corrected chi connectivity index (χ4v) is 4.16. The van der Waals surface area contributed by atoms with E-state index in [2.05, 4.69) is 11.4 Å². The molecule has 1 aliphatic rings. The molecular formula is C27H27ClN4O6. The second-order valence-electron chi connectivity index (χ2n) is 9.13. The molecule has 2 aromatic rings. The van der Waals surface area contributed by atoms with Crippen molar-refractivity contribution in [2.24, 2.45) is 5.73 Å². The second kappa shape index (κ2) is 11.3. The Morgan fingerprint density at radius 2 is 1.68 bits per heavy atom. The zero-order valence-electron chi connectivity index (χ0n) is 21.5. The highest BCUT2D eigenvalue weighted by molar-refractivity contribution is 6.34. The molecular weight excluding hydrogens is 512 g/mol. The third kappa shape index (κ3) is 5.74. The molecule has 0 aliphatic carbocycles. The van der Waals surface area contributed by atoms with E-state index in [4.69, 9.17) is 31.5 Å². The molecule has 11 heteroatoms. The van der Waals surface area contributed by atoms with Gasteiger partial charge in [0, 0.05) is 5.69 Å². The molecule has 0 bridgehead atoms. The maximum absolute atomic E-state index is 13.1. The SMILES string of the molecule is COC(=O)C1=C(C(=O)OC)N(c2ccc(NC(=O)OC(C)(C)C)c(Cl)c2)C(N)=C(C#N)C1c1ccccc1. The fourth-order valence-electron chi connectivity index (χ4n) is 3.94. The van der Waals surface area contributed by atoms with Gasteiger partial charge in [0.05, 0.1) is 48.1 Å². The van der Waals surface area contributed by atoms with Gasteiger partial charge in [0.25, 0.3) is 0 Å². The van der Waals surface area contributed by atoms with Crippen LogP contribution in [-0.2, 0) is 23.8 Å². The number of anilines is 2. The van der Waals surface area contributed by atoms with Crippen LogP contribution in [-0.4, -0.2) is 37.9 Å². The Hall–Kier alpha value is -4.49. The van der Waals surface area contributed by atoms with E-state index in [9.17, 15) is 19.6 Å². The van der Waals surface area contributed by atoms with Gasteiger partial charge in [-0.1, -0.05) is 41.9 Å². The summed E-state index contributed by atoms with van der Waals surface area (Å²) in [5, 5.41) is 12.7. The van der Waals surface area contributed by atoms with Gasteiger partial charge in [-0.05, 0) is 44.5 Å². The van der Waals surface area contributed by atoms with Gasteiger partial charge in [-0.3, -0.25) is 10.2 Å². The molecule has 1 atom stereocenters. The van der Waals surface area contributed by atoms with Crippen LogP contribution >= 0.6 is 11.6 Å². The number of allylic oxidation sites excluding steroid dienone is 1. The number of nitrogens with zero attached hydrogens (tertiary/aromatic N) is 2. The molecule has 1 heterocycles. The number of carbonyl (C=O) groups is 3. The first-order valence-electron chi connectivity index (χ1n) is 11.4. The van der Waals surface area contributed by atoms with Gasteiger partial charge in [-0.25, -0.2) is 14.4 Å². The lowest BCUT2D eigenvalue weighted by Gasteiger charge is -2.36. The second-order valence-corrected chi connectivity index (χ2v) is 9.53. The van der Waals surface area contributed by atoms with Crippen molar-refractivity contribution < 1.29 is 28.6 Å². The topological polar surface area (TPSA) is 144 Å². The molecule has 0 saturated carbocycles. The highest BCUT2D eigenvalue weighted by Gasteiger charge is 2.43. The van der Waals surface area contributed by atoms with Gasteiger partial charge in [-0.2, -0.15) is 5.26 Å². The van der Waals surface area contributed by atoms with Crippen LogP contribution in [0.15, 0.2) is 71.2 Å². The van der Waals surface area contributed by atoms with Gasteiger partial charge >= 0.3 is 18.0 Å². The average molecular weight is 539 g/mol. The number of rotatable bonds is 5. The predicted molar refractivity (Wildman–Crippen MR) is 141 cm³/mol. The fraction of sp³-hybridized carbons (Fsp3) is 0.259. The lowest BCUT2D eigenvalue weighted by atomic mass is 9.81. The summed E-state index contributed by atoms with van der Waals surface area (Å²) in [6, 6.07) is 15.1. The van der Waals surface area contributed by atoms with Crippen molar-refractivity contribution in [3.05, 3.63) is 81.8 Å². The monoisotopic (exact) mass is 538 g/mol. The first kappa shape index (κ1) is 28.1. The Labute approximate surface area is 225 Å². The van der Waals surface area contributed by atoms with Crippen molar-refractivity contribution in [2.45, 2.75) is 32.3 Å². The van der Waals surface area contributed by atoms with Crippen molar-refractivity contribution in [2.75, 3.05) is 24.4 Å². The van der Waals surface area contributed by atoms with Crippen LogP contribution < -0.4 is 16.0 Å². The number of nitriles is 1. The average Bonchev–Trinajstić information content (AvgIpc) is 2.87. The maximum Gasteiger partial charge on any atom is 0.412 e. The molecule has 0 spiro atoms. The quantitative estimate of drug-likeness (QED) is 0.412. The van der Waals surface area contributed by atoms with Crippen LogP contribution in [0.25, 0.3) is 0 Å². The van der Waals surface area contributed by atoms with Gasteiger partial charge in [0.2, 0.25) is 0 Å². The molecule has 0 saturated heterocycles. The van der Waals surface area contributed by atoms with E-state index < -0.39 is 29.6 Å². The maximum atomic E-state index is 13.1. The number of hydrogen-bond donors (Lipinski definition) is 2. The number of benzene rings is 2. The highest BCUT2D eigenvalue weighted by atomic mass is 35.5. The summed E-state index contributed by atoms with van der Waals surface area (Å²) >= 11 is 6.45. The molecule has 1 aliphatic heterocycles. The summed E-state index contributed by atoms with van der Waals surface area (Å²) in [6.45, 7) is 5.16. The number of esters is 2. The lowest BCUT2D eigenvalue weighted by Crippen LogP contribution is -2.40. The zero-order chi connectivity index (χ0) is 28.2. The number of carbonyl (C=O) groups excluding carboxylic acids is 3. The number of nitrogens with one attached hydrogen (secondary N) is 1. The Morgan fingerprint density at radius 3 is 2.21 bits per heavy atom. The van der Waals surface area contributed by atoms with Gasteiger partial charge in [-0.15, -0.1) is 0 Å². The Morgan fingerprint density at radius 1 is 1.05 bits per heavy atom. The van der Waals surface area contributed by atoms with Crippen LogP contribution in [0.3, 0.4) is 0 Å². The summed E-state index contributed by atoms with van der Waals surface area (Å²) in [4.78, 5) is 39.7. The van der Waals surface area contributed by atoms with Crippen LogP contribution in [0.4, 0.5) is 16.2 Å². The van der Waals surface area contributed by atoms with E-state index in [1.165, 1.54) is 30.2 Å². The van der Waals surface area contributed by atoms with Gasteiger partial charge < -0.3 is 19.9 Å². The molecule has 2 aromatic carbocycles. The number of ether oxygens (including phenoxy) is 3. The Balaban J connectivity index is 2.22. The summed E-state index contributed by atoms with van der Waals surface area (Å²) in [5.41, 5.74) is 6.38. The van der Waals surface area contributed by atoms with E-state index in [-0.39, 0.29) is 39.1 Å². The molecule has 1 unspecified atom stereocenters. The number of nitrogens with two attached hydrogens (primary N) is 1. The molecule has 1 amide bonds. The summed E-state index contributed by atoms with van der Waals surface area (Å²) in [6.07, 6.45) is -0.717. The summed E-state index contributed by atoms with van der Waals surface area (Å²) < 4.78 is 15.3. The van der Waals surface area contributed by atoms with E-state index in [0.29, 0.717) is 5.56 Å². The van der Waals surface area contributed by atoms with Crippen LogP contribution in [0.1, 0.15) is 32.3 Å². The van der Waals surface area contributed by atoms with Gasteiger partial charge in [0.1, 0.15) is 17.1 Å². The van der Waals surface area contributed by atoms with Gasteiger partial charge in [0.15, 0.2) is 0 Å². The smallest absolute Gasteiger partial charge is 0.412 e. The van der Waals surface area contributed by atoms with E-state index in [1.807, 2.05) is 0 Å². The largest absolute Gasteiger partial charge is 0.466 e. The molecule has 0 fully saturated rings. The first-order valence-corrected chi connectivity index (χ1v) is 11.8. The predicted octanol–water partition coefficient (Wildman–Crippen LogP) is 4.58.